The summed E-state index contributed by atoms with van der Waals surface area (Å²) in [5, 5.41) is 2.96. The van der Waals surface area contributed by atoms with Crippen LogP contribution in [0.3, 0.4) is 0 Å². The predicted octanol–water partition coefficient (Wildman–Crippen LogP) is 2.37. The van der Waals surface area contributed by atoms with Gasteiger partial charge in [0.05, 0.1) is 12.6 Å². The van der Waals surface area contributed by atoms with Gasteiger partial charge in [-0.15, -0.1) is 11.3 Å². The minimum atomic E-state index is -3.75. The molecular weight excluding hydrogens is 408 g/mol. The molecular formula is C20H20N4O3S2. The van der Waals surface area contributed by atoms with E-state index in [4.69, 9.17) is 4.74 Å². The molecule has 9 heteroatoms. The lowest BCUT2D eigenvalue weighted by atomic mass is 10.1. The molecule has 0 saturated carbocycles. The zero-order valence-electron chi connectivity index (χ0n) is 15.6. The highest BCUT2D eigenvalue weighted by atomic mass is 32.2. The van der Waals surface area contributed by atoms with Crippen LogP contribution in [0.2, 0.25) is 0 Å². The number of thiazole rings is 1. The Hall–Kier alpha value is -2.33. The van der Waals surface area contributed by atoms with Crippen LogP contribution >= 0.6 is 11.3 Å². The second-order valence-corrected chi connectivity index (χ2v) is 10.0. The van der Waals surface area contributed by atoms with Gasteiger partial charge in [-0.25, -0.2) is 18.4 Å². The van der Waals surface area contributed by atoms with Gasteiger partial charge in [-0.05, 0) is 17.7 Å². The van der Waals surface area contributed by atoms with E-state index in [1.54, 1.807) is 40.2 Å². The third-order valence-electron chi connectivity index (χ3n) is 5.29. The number of benzene rings is 1. The normalized spacial score (nSPS) is 23.7. The zero-order chi connectivity index (χ0) is 19.8. The lowest BCUT2D eigenvalue weighted by Gasteiger charge is -2.28. The molecule has 4 heterocycles. The summed E-state index contributed by atoms with van der Waals surface area (Å²) in [7, 11) is -3.75. The molecule has 0 bridgehead atoms. The molecule has 29 heavy (non-hydrogen) atoms. The van der Waals surface area contributed by atoms with Crippen molar-refractivity contribution in [2.24, 2.45) is 0 Å². The number of aromatic nitrogens is 2. The summed E-state index contributed by atoms with van der Waals surface area (Å²) in [6, 6.07) is 12.6. The summed E-state index contributed by atoms with van der Waals surface area (Å²) >= 11 is 1.60. The minimum absolute atomic E-state index is 0.136. The van der Waals surface area contributed by atoms with Gasteiger partial charge in [0.2, 0.25) is 15.9 Å². The SMILES string of the molecule is O=S1(=O)c2cccnc2O[C@@H]2CN(Cc3nccs3)C[C@H]2N1Cc1ccccc1. The molecule has 1 saturated heterocycles. The Kier molecular flexibility index (Phi) is 4.83. The molecule has 2 aliphatic rings. The molecule has 0 aliphatic carbocycles. The Morgan fingerprint density at radius 3 is 2.69 bits per heavy atom. The highest BCUT2D eigenvalue weighted by Crippen LogP contribution is 2.36. The Bertz CT molecular complexity index is 1090. The van der Waals surface area contributed by atoms with E-state index in [1.807, 2.05) is 35.7 Å². The van der Waals surface area contributed by atoms with E-state index in [9.17, 15) is 8.42 Å². The quantitative estimate of drug-likeness (QED) is 0.635. The van der Waals surface area contributed by atoms with Crippen molar-refractivity contribution < 1.29 is 13.2 Å². The largest absolute Gasteiger partial charge is 0.470 e. The first-order valence-corrected chi connectivity index (χ1v) is 11.7. The first-order valence-electron chi connectivity index (χ1n) is 9.39. The van der Waals surface area contributed by atoms with E-state index in [2.05, 4.69) is 14.9 Å². The van der Waals surface area contributed by atoms with Gasteiger partial charge in [0, 0.05) is 37.4 Å². The Morgan fingerprint density at radius 2 is 1.90 bits per heavy atom. The molecule has 0 radical (unpaired) electrons. The average molecular weight is 429 g/mol. The highest BCUT2D eigenvalue weighted by molar-refractivity contribution is 7.89. The lowest BCUT2D eigenvalue weighted by Crippen LogP contribution is -2.46. The molecule has 2 aromatic heterocycles. The average Bonchev–Trinajstić information content (AvgIpc) is 3.36. The van der Waals surface area contributed by atoms with Crippen molar-refractivity contribution in [1.29, 1.82) is 0 Å². The van der Waals surface area contributed by atoms with Crippen LogP contribution < -0.4 is 4.74 Å². The number of likely N-dealkylation sites (tertiary alicyclic amines) is 1. The second kappa shape index (κ2) is 7.49. The van der Waals surface area contributed by atoms with Crippen molar-refractivity contribution in [3.05, 3.63) is 70.8 Å². The number of pyridine rings is 1. The van der Waals surface area contributed by atoms with E-state index in [0.29, 0.717) is 26.2 Å². The van der Waals surface area contributed by atoms with Crippen molar-refractivity contribution in [3.8, 4) is 5.88 Å². The molecule has 1 aromatic carbocycles. The van der Waals surface area contributed by atoms with Gasteiger partial charge in [0.1, 0.15) is 16.0 Å². The number of ether oxygens (including phenoxy) is 1. The summed E-state index contributed by atoms with van der Waals surface area (Å²) in [5.74, 6) is 0.189. The predicted molar refractivity (Wildman–Crippen MR) is 109 cm³/mol. The topological polar surface area (TPSA) is 75.6 Å². The van der Waals surface area contributed by atoms with Crippen LogP contribution in [0.25, 0.3) is 0 Å². The van der Waals surface area contributed by atoms with E-state index >= 15 is 0 Å². The molecule has 150 valence electrons. The molecule has 1 fully saturated rings. The fourth-order valence-electron chi connectivity index (χ4n) is 3.95. The fraction of sp³-hybridized carbons (Fsp3) is 0.300. The Balaban J connectivity index is 1.52. The number of rotatable bonds is 4. The number of fused-ring (bicyclic) bond motifs is 2. The lowest BCUT2D eigenvalue weighted by molar-refractivity contribution is 0.144. The maximum Gasteiger partial charge on any atom is 0.249 e. The Labute approximate surface area is 173 Å². The molecule has 2 atom stereocenters. The van der Waals surface area contributed by atoms with Gasteiger partial charge in [-0.1, -0.05) is 30.3 Å². The maximum atomic E-state index is 13.6. The van der Waals surface area contributed by atoms with E-state index < -0.39 is 10.0 Å². The van der Waals surface area contributed by atoms with Crippen LogP contribution in [0.15, 0.2) is 65.1 Å². The summed E-state index contributed by atoms with van der Waals surface area (Å²) in [4.78, 5) is 10.9. The molecule has 2 aliphatic heterocycles. The first-order chi connectivity index (χ1) is 14.1. The summed E-state index contributed by atoms with van der Waals surface area (Å²) in [5.41, 5.74) is 0.945. The van der Waals surface area contributed by atoms with Crippen molar-refractivity contribution in [2.75, 3.05) is 13.1 Å². The highest BCUT2D eigenvalue weighted by Gasteiger charge is 2.47. The summed E-state index contributed by atoms with van der Waals surface area (Å²) in [6.45, 7) is 2.20. The third kappa shape index (κ3) is 3.55. The van der Waals surface area contributed by atoms with Crippen LogP contribution in [-0.2, 0) is 23.1 Å². The molecule has 7 nitrogen and oxygen atoms in total. The molecule has 0 N–H and O–H groups in total. The monoisotopic (exact) mass is 428 g/mol. The van der Waals surface area contributed by atoms with Crippen LogP contribution in [0.5, 0.6) is 5.88 Å². The summed E-state index contributed by atoms with van der Waals surface area (Å²) in [6.07, 6.45) is 3.07. The summed E-state index contributed by atoms with van der Waals surface area (Å²) < 4.78 is 34.9. The second-order valence-electron chi connectivity index (χ2n) is 7.19. The van der Waals surface area contributed by atoms with E-state index in [-0.39, 0.29) is 22.9 Å². The number of hydrogen-bond donors (Lipinski definition) is 0. The van der Waals surface area contributed by atoms with Crippen LogP contribution in [0.1, 0.15) is 10.6 Å². The third-order valence-corrected chi connectivity index (χ3v) is 7.94. The Morgan fingerprint density at radius 1 is 1.03 bits per heavy atom. The number of nitrogens with zero attached hydrogens (tertiary/aromatic N) is 4. The van der Waals surface area contributed by atoms with Crippen molar-refractivity contribution in [1.82, 2.24) is 19.2 Å². The van der Waals surface area contributed by atoms with E-state index in [0.717, 1.165) is 10.6 Å². The molecule has 0 amide bonds. The first kappa shape index (κ1) is 18.7. The van der Waals surface area contributed by atoms with Gasteiger partial charge in [-0.3, -0.25) is 4.90 Å². The van der Waals surface area contributed by atoms with Crippen LogP contribution in [-0.4, -0.2) is 52.8 Å². The van der Waals surface area contributed by atoms with Crippen molar-refractivity contribution in [3.63, 3.8) is 0 Å². The van der Waals surface area contributed by atoms with Gasteiger partial charge in [-0.2, -0.15) is 4.31 Å². The smallest absolute Gasteiger partial charge is 0.249 e. The zero-order valence-corrected chi connectivity index (χ0v) is 17.2. The molecule has 3 aromatic rings. The van der Waals surface area contributed by atoms with Crippen molar-refractivity contribution >= 4 is 21.4 Å². The minimum Gasteiger partial charge on any atom is -0.470 e. The van der Waals surface area contributed by atoms with Gasteiger partial charge in [0.25, 0.3) is 0 Å². The maximum absolute atomic E-state index is 13.6. The molecule has 5 rings (SSSR count). The van der Waals surface area contributed by atoms with Gasteiger partial charge >= 0.3 is 0 Å². The number of hydrogen-bond acceptors (Lipinski definition) is 7. The van der Waals surface area contributed by atoms with E-state index in [1.165, 1.54) is 0 Å². The van der Waals surface area contributed by atoms with Crippen LogP contribution in [0.4, 0.5) is 0 Å². The van der Waals surface area contributed by atoms with Gasteiger partial charge in [0.15, 0.2) is 0 Å². The van der Waals surface area contributed by atoms with Crippen LogP contribution in [0, 0.1) is 0 Å². The number of sulfonamides is 1. The standard InChI is InChI=1S/C20H20N4O3S2/c25-29(26)18-7-4-8-22-20(18)27-17-13-23(14-19-21-9-10-28-19)12-16(17)24(29)11-15-5-2-1-3-6-15/h1-10,16-17H,11-14H2/t16-,17-/m1/s1. The fourth-order valence-corrected chi connectivity index (χ4v) is 6.31. The van der Waals surface area contributed by atoms with Gasteiger partial charge < -0.3 is 4.74 Å². The molecule has 0 spiro atoms. The molecule has 0 unspecified atom stereocenters. The van der Waals surface area contributed by atoms with Crippen molar-refractivity contribution in [2.45, 2.75) is 30.1 Å².